The standard InChI is InChI=1S/2C18H15P.C7H5ClO2.CO.Ru/c2*1-4-10-16(11-5-1)19(17-12-6-2-7-13-17)18-14-8-3-9-15-18;8-10-7(9)6-4-2-1-3-5-6;1-2;/h2*1-15H;1-5H;;. The largest absolute Gasteiger partial charge is 0.356 e. The van der Waals surface area contributed by atoms with E-state index in [0.29, 0.717) is 5.56 Å². The van der Waals surface area contributed by atoms with E-state index in [9.17, 15) is 4.79 Å². The average Bonchev–Trinajstić information content (AvgIpc) is 3.22. The molecule has 0 unspecified atom stereocenters. The molecular weight excluding hydrogens is 775 g/mol. The van der Waals surface area contributed by atoms with Crippen LogP contribution in [0.5, 0.6) is 0 Å². The summed E-state index contributed by atoms with van der Waals surface area (Å²) in [6.45, 7) is 4.50. The number of hydrogen-bond acceptors (Lipinski definition) is 3. The molecule has 7 heteroatoms. The zero-order valence-corrected chi connectivity index (χ0v) is 31.8. The Kier molecular flexibility index (Phi) is 19.1. The molecule has 0 N–H and O–H groups in total. The van der Waals surface area contributed by atoms with E-state index in [1.807, 2.05) is 6.07 Å². The molecule has 0 amide bonds. The van der Waals surface area contributed by atoms with Crippen LogP contribution >= 0.6 is 27.7 Å². The molecule has 0 aliphatic carbocycles. The number of carbonyl (C=O) groups excluding carboxylic acids is 2. The van der Waals surface area contributed by atoms with Crippen LogP contribution in [0.1, 0.15) is 10.4 Å². The molecule has 0 atom stereocenters. The summed E-state index contributed by atoms with van der Waals surface area (Å²) in [6, 6.07) is 73.2. The van der Waals surface area contributed by atoms with Crippen molar-refractivity contribution < 1.29 is 33.4 Å². The number of hydrogen-bond donors (Lipinski definition) is 0. The van der Waals surface area contributed by atoms with Crippen molar-refractivity contribution in [2.75, 3.05) is 0 Å². The third-order valence-electron chi connectivity index (χ3n) is 7.17. The van der Waals surface area contributed by atoms with Gasteiger partial charge < -0.3 is 4.29 Å². The molecule has 2 radical (unpaired) electrons. The van der Waals surface area contributed by atoms with E-state index in [4.69, 9.17) is 16.7 Å². The molecule has 0 heterocycles. The molecule has 0 fully saturated rings. The third kappa shape index (κ3) is 12.9. The molecule has 0 aliphatic rings. The fourth-order valence-electron chi connectivity index (χ4n) is 4.98. The van der Waals surface area contributed by atoms with Gasteiger partial charge in [0.25, 0.3) is 6.79 Å². The number of carbonyl (C=O) groups is 1. The topological polar surface area (TPSA) is 43.4 Å². The molecule has 0 spiro atoms. The molecule has 0 saturated heterocycles. The van der Waals surface area contributed by atoms with Crippen molar-refractivity contribution in [3.63, 3.8) is 0 Å². The van der Waals surface area contributed by atoms with Gasteiger partial charge in [0.1, 0.15) is 11.9 Å². The van der Waals surface area contributed by atoms with Gasteiger partial charge in [-0.25, -0.2) is 4.79 Å². The Morgan fingerprint density at radius 1 is 0.373 bits per heavy atom. The van der Waals surface area contributed by atoms with Gasteiger partial charge in [0.2, 0.25) is 0 Å². The van der Waals surface area contributed by atoms with Crippen LogP contribution in [0, 0.1) is 0 Å². The Labute approximate surface area is 321 Å². The van der Waals surface area contributed by atoms with Crippen LogP contribution in [0.4, 0.5) is 0 Å². The molecule has 51 heavy (non-hydrogen) atoms. The van der Waals surface area contributed by atoms with Crippen molar-refractivity contribution in [3.05, 3.63) is 218 Å². The van der Waals surface area contributed by atoms with Crippen LogP contribution < -0.4 is 31.8 Å². The van der Waals surface area contributed by atoms with Crippen LogP contribution in [0.15, 0.2) is 212 Å². The molecule has 0 bridgehead atoms. The second kappa shape index (κ2) is 23.8. The summed E-state index contributed by atoms with van der Waals surface area (Å²) < 4.78 is 3.97. The van der Waals surface area contributed by atoms with E-state index in [2.05, 4.69) is 193 Å². The maximum atomic E-state index is 10.7. The summed E-state index contributed by atoms with van der Waals surface area (Å²) in [7, 11) is -0.892. The van der Waals surface area contributed by atoms with Gasteiger partial charge in [0, 0.05) is 19.5 Å². The molecule has 254 valence electrons. The average molecular weight is 810 g/mol. The Morgan fingerprint density at radius 3 is 0.725 bits per heavy atom. The van der Waals surface area contributed by atoms with Crippen molar-refractivity contribution in [1.82, 2.24) is 0 Å². The van der Waals surface area contributed by atoms with Gasteiger partial charge >= 0.3 is 5.97 Å². The summed E-state index contributed by atoms with van der Waals surface area (Å²) >= 11 is 4.84. The first-order chi connectivity index (χ1) is 24.7. The minimum Gasteiger partial charge on any atom is -0.343 e. The van der Waals surface area contributed by atoms with E-state index >= 15 is 0 Å². The zero-order valence-electron chi connectivity index (χ0n) is 27.6. The SMILES string of the molecule is O=C(OCl)c1ccccc1.[C]=O.[Ru].c1ccc(P(c2ccccc2)c2ccccc2)cc1.c1ccc(P(c2ccccc2)c2ccccc2)cc1. The Bertz CT molecular complexity index is 1620. The molecule has 7 aromatic rings. The van der Waals surface area contributed by atoms with Crippen LogP contribution in [0.3, 0.4) is 0 Å². The second-order valence-corrected chi connectivity index (χ2v) is 15.0. The number of benzene rings is 7. The van der Waals surface area contributed by atoms with Crippen LogP contribution in [-0.2, 0) is 28.6 Å². The predicted molar refractivity (Wildman–Crippen MR) is 214 cm³/mol. The van der Waals surface area contributed by atoms with Gasteiger partial charge in [-0.2, -0.15) is 0 Å². The normalized spacial score (nSPS) is 9.71. The maximum absolute atomic E-state index is 10.7. The minimum absolute atomic E-state index is 0. The second-order valence-electron chi connectivity index (χ2n) is 10.4. The summed E-state index contributed by atoms with van der Waals surface area (Å²) in [5.41, 5.74) is 0.456. The van der Waals surface area contributed by atoms with Crippen LogP contribution in [-0.4, -0.2) is 12.8 Å². The van der Waals surface area contributed by atoms with E-state index < -0.39 is 21.8 Å². The van der Waals surface area contributed by atoms with Gasteiger partial charge in [-0.15, -0.1) is 0 Å². The minimum atomic E-state index is -0.526. The molecule has 0 aromatic heterocycles. The first kappa shape index (κ1) is 40.9. The van der Waals surface area contributed by atoms with E-state index in [-0.39, 0.29) is 19.5 Å². The maximum Gasteiger partial charge on any atom is 0.356 e. The summed E-state index contributed by atoms with van der Waals surface area (Å²) in [5.74, 6) is -0.526. The van der Waals surface area contributed by atoms with E-state index in [1.165, 1.54) is 31.8 Å². The zero-order chi connectivity index (χ0) is 35.2. The van der Waals surface area contributed by atoms with E-state index in [1.54, 1.807) is 24.3 Å². The Morgan fingerprint density at radius 2 is 0.549 bits per heavy atom. The van der Waals surface area contributed by atoms with Crippen molar-refractivity contribution >= 4 is 72.3 Å². The molecule has 0 saturated carbocycles. The van der Waals surface area contributed by atoms with Gasteiger partial charge in [-0.1, -0.05) is 200 Å². The van der Waals surface area contributed by atoms with Crippen molar-refractivity contribution in [1.29, 1.82) is 0 Å². The van der Waals surface area contributed by atoms with Crippen molar-refractivity contribution in [2.24, 2.45) is 0 Å². The first-order valence-corrected chi connectivity index (χ1v) is 18.7. The third-order valence-corrected chi connectivity index (χ3v) is 12.2. The molecule has 7 aromatic carbocycles. The number of rotatable bonds is 7. The van der Waals surface area contributed by atoms with E-state index in [0.717, 1.165) is 0 Å². The van der Waals surface area contributed by atoms with Crippen LogP contribution in [0.25, 0.3) is 0 Å². The fourth-order valence-corrected chi connectivity index (χ4v) is 9.68. The molecule has 0 aliphatic heterocycles. The summed E-state index contributed by atoms with van der Waals surface area (Å²) in [6.07, 6.45) is 0. The smallest absolute Gasteiger partial charge is 0.343 e. The van der Waals surface area contributed by atoms with Crippen molar-refractivity contribution in [2.45, 2.75) is 0 Å². The van der Waals surface area contributed by atoms with Crippen molar-refractivity contribution in [3.8, 4) is 0 Å². The number of halogens is 1. The van der Waals surface area contributed by atoms with Gasteiger partial charge in [0.15, 0.2) is 0 Å². The monoisotopic (exact) mass is 810 g/mol. The Hall–Kier alpha value is -4.55. The quantitative estimate of drug-likeness (QED) is 0.120. The molecule has 7 rings (SSSR count). The predicted octanol–water partition coefficient (Wildman–Crippen LogP) is 8.49. The Balaban J connectivity index is 0.000000209. The van der Waals surface area contributed by atoms with Crippen LogP contribution in [0.2, 0.25) is 0 Å². The molecular formula is C44H35ClO3P2Ru. The van der Waals surface area contributed by atoms with Gasteiger partial charge in [-0.05, 0) is 59.8 Å². The van der Waals surface area contributed by atoms with Gasteiger partial charge in [-0.3, -0.25) is 4.79 Å². The molecule has 3 nitrogen and oxygen atoms in total. The first-order valence-electron chi connectivity index (χ1n) is 15.7. The van der Waals surface area contributed by atoms with Gasteiger partial charge in [0.05, 0.1) is 5.56 Å². The fraction of sp³-hybridized carbons (Fsp3) is 0. The summed E-state index contributed by atoms with van der Waals surface area (Å²) in [4.78, 5) is 18.2. The summed E-state index contributed by atoms with van der Waals surface area (Å²) in [5, 5.41) is 8.39.